The van der Waals surface area contributed by atoms with Crippen molar-refractivity contribution in [3.8, 4) is 0 Å². The number of sulfonamides is 1. The fourth-order valence-electron chi connectivity index (χ4n) is 1.33. The van der Waals surface area contributed by atoms with Gasteiger partial charge in [0.05, 0.1) is 18.6 Å². The van der Waals surface area contributed by atoms with Gasteiger partial charge in [-0.05, 0) is 26.7 Å². The van der Waals surface area contributed by atoms with Gasteiger partial charge in [-0.15, -0.1) is 0 Å². The van der Waals surface area contributed by atoms with Gasteiger partial charge in [0.1, 0.15) is 0 Å². The Hall–Kier alpha value is -0.620. The molecule has 0 unspecified atom stereocenters. The van der Waals surface area contributed by atoms with Crippen LogP contribution in [0.15, 0.2) is 4.99 Å². The summed E-state index contributed by atoms with van der Waals surface area (Å²) in [7, 11) is -3.19. The minimum Gasteiger partial charge on any atom is -0.387 e. The van der Waals surface area contributed by atoms with E-state index in [4.69, 9.17) is 5.73 Å². The summed E-state index contributed by atoms with van der Waals surface area (Å²) in [5.74, 6) is 1.08. The van der Waals surface area contributed by atoms with E-state index in [1.165, 1.54) is 0 Å². The Morgan fingerprint density at radius 1 is 1.53 bits per heavy atom. The third-order valence-corrected chi connectivity index (χ3v) is 3.04. The molecule has 0 bridgehead atoms. The van der Waals surface area contributed by atoms with Crippen molar-refractivity contribution in [2.24, 2.45) is 16.6 Å². The van der Waals surface area contributed by atoms with E-state index in [9.17, 15) is 8.42 Å². The zero-order valence-electron chi connectivity index (χ0n) is 9.45. The molecule has 0 spiro atoms. The molecule has 0 saturated heterocycles. The summed E-state index contributed by atoms with van der Waals surface area (Å²) in [5.41, 5.74) is 5.15. The lowest BCUT2D eigenvalue weighted by Crippen LogP contribution is -2.45. The third-order valence-electron chi connectivity index (χ3n) is 2.11. The van der Waals surface area contributed by atoms with E-state index >= 15 is 0 Å². The largest absolute Gasteiger partial charge is 0.387 e. The molecule has 0 radical (unpaired) electrons. The van der Waals surface area contributed by atoms with Crippen molar-refractivity contribution in [3.05, 3.63) is 0 Å². The van der Waals surface area contributed by atoms with Gasteiger partial charge in [0, 0.05) is 11.5 Å². The quantitative estimate of drug-likeness (QED) is 0.521. The van der Waals surface area contributed by atoms with Crippen LogP contribution in [-0.4, -0.2) is 32.6 Å². The molecule has 3 N–H and O–H groups in total. The number of amidine groups is 1. The Bertz CT molecular complexity index is 356. The number of aliphatic imine (C=N–C) groups is 1. The lowest BCUT2D eigenvalue weighted by atomic mass is 10.1. The van der Waals surface area contributed by atoms with Crippen LogP contribution in [0.25, 0.3) is 0 Å². The summed E-state index contributed by atoms with van der Waals surface area (Å²) >= 11 is 0. The molecule has 1 aliphatic carbocycles. The number of hydrogen-bond donors (Lipinski definition) is 2. The van der Waals surface area contributed by atoms with Crippen LogP contribution in [0.4, 0.5) is 0 Å². The summed E-state index contributed by atoms with van der Waals surface area (Å²) in [6.07, 6.45) is 3.35. The van der Waals surface area contributed by atoms with Gasteiger partial charge < -0.3 is 5.73 Å². The second-order valence-corrected chi connectivity index (χ2v) is 6.52. The van der Waals surface area contributed by atoms with Crippen molar-refractivity contribution in [1.82, 2.24) is 4.72 Å². The van der Waals surface area contributed by atoms with Crippen molar-refractivity contribution >= 4 is 15.9 Å². The van der Waals surface area contributed by atoms with Crippen molar-refractivity contribution in [1.29, 1.82) is 0 Å². The van der Waals surface area contributed by atoms with Crippen LogP contribution in [0.3, 0.4) is 0 Å². The molecule has 0 aromatic heterocycles. The number of nitrogens with zero attached hydrogens (tertiary/aromatic N) is 1. The first-order chi connectivity index (χ1) is 6.70. The molecule has 0 amide bonds. The highest BCUT2D eigenvalue weighted by Crippen LogP contribution is 2.28. The number of rotatable bonds is 5. The normalized spacial score (nSPS) is 19.3. The minimum absolute atomic E-state index is 0.377. The topological polar surface area (TPSA) is 84.5 Å². The first-order valence-electron chi connectivity index (χ1n) is 4.98. The first-order valence-corrected chi connectivity index (χ1v) is 6.87. The van der Waals surface area contributed by atoms with E-state index < -0.39 is 15.6 Å². The SMILES string of the molecule is CC(C)(CN=C(N)C1CC1)NS(C)(=O)=O. The Morgan fingerprint density at radius 2 is 2.07 bits per heavy atom. The summed E-state index contributed by atoms with van der Waals surface area (Å²) in [6.45, 7) is 3.96. The second-order valence-electron chi connectivity index (χ2n) is 4.77. The lowest BCUT2D eigenvalue weighted by Gasteiger charge is -2.22. The van der Waals surface area contributed by atoms with Crippen molar-refractivity contribution in [3.63, 3.8) is 0 Å². The molecule has 0 aliphatic heterocycles. The van der Waals surface area contributed by atoms with Crippen LogP contribution in [0.2, 0.25) is 0 Å². The van der Waals surface area contributed by atoms with Gasteiger partial charge in [0.25, 0.3) is 0 Å². The molecule has 6 heteroatoms. The third kappa shape index (κ3) is 5.13. The summed E-state index contributed by atoms with van der Waals surface area (Å²) < 4.78 is 24.6. The van der Waals surface area contributed by atoms with E-state index in [2.05, 4.69) is 9.71 Å². The molecule has 0 aromatic carbocycles. The minimum atomic E-state index is -3.19. The van der Waals surface area contributed by atoms with E-state index in [1.807, 2.05) is 0 Å². The molecule has 0 atom stereocenters. The fraction of sp³-hybridized carbons (Fsp3) is 0.889. The molecular formula is C9H19N3O2S. The predicted molar refractivity (Wildman–Crippen MR) is 61.3 cm³/mol. The van der Waals surface area contributed by atoms with Crippen LogP contribution in [0, 0.1) is 5.92 Å². The lowest BCUT2D eigenvalue weighted by molar-refractivity contribution is 0.465. The molecule has 88 valence electrons. The Kier molecular flexibility index (Phi) is 3.40. The van der Waals surface area contributed by atoms with Gasteiger partial charge >= 0.3 is 0 Å². The van der Waals surface area contributed by atoms with Crippen LogP contribution in [0.5, 0.6) is 0 Å². The van der Waals surface area contributed by atoms with Crippen molar-refractivity contribution in [2.75, 3.05) is 12.8 Å². The molecule has 0 aromatic rings. The average molecular weight is 233 g/mol. The van der Waals surface area contributed by atoms with Gasteiger partial charge in [-0.3, -0.25) is 4.99 Å². The van der Waals surface area contributed by atoms with Crippen LogP contribution < -0.4 is 10.5 Å². The second kappa shape index (κ2) is 4.09. The van der Waals surface area contributed by atoms with E-state index in [0.29, 0.717) is 18.3 Å². The molecule has 1 fully saturated rings. The zero-order chi connectivity index (χ0) is 11.7. The highest BCUT2D eigenvalue weighted by molar-refractivity contribution is 7.88. The van der Waals surface area contributed by atoms with Gasteiger partial charge in [-0.1, -0.05) is 0 Å². The summed E-state index contributed by atoms with van der Waals surface area (Å²) in [5, 5.41) is 0. The van der Waals surface area contributed by atoms with E-state index in [1.54, 1.807) is 13.8 Å². The highest BCUT2D eigenvalue weighted by Gasteiger charge is 2.27. The zero-order valence-corrected chi connectivity index (χ0v) is 10.3. The molecule has 5 nitrogen and oxygen atoms in total. The first kappa shape index (κ1) is 12.4. The maximum absolute atomic E-state index is 11.0. The van der Waals surface area contributed by atoms with Crippen LogP contribution in [0.1, 0.15) is 26.7 Å². The molecule has 1 saturated carbocycles. The maximum Gasteiger partial charge on any atom is 0.209 e. The van der Waals surface area contributed by atoms with Gasteiger partial charge in [0.2, 0.25) is 10.0 Å². The smallest absolute Gasteiger partial charge is 0.209 e. The van der Waals surface area contributed by atoms with E-state index in [-0.39, 0.29) is 0 Å². The molecule has 1 rings (SSSR count). The van der Waals surface area contributed by atoms with Crippen molar-refractivity contribution < 1.29 is 8.42 Å². The molecule has 0 heterocycles. The number of nitrogens with two attached hydrogens (primary N) is 1. The van der Waals surface area contributed by atoms with Crippen molar-refractivity contribution in [2.45, 2.75) is 32.2 Å². The summed E-state index contributed by atoms with van der Waals surface area (Å²) in [4.78, 5) is 4.21. The summed E-state index contributed by atoms with van der Waals surface area (Å²) in [6, 6.07) is 0. The fourth-order valence-corrected chi connectivity index (χ4v) is 2.40. The highest BCUT2D eigenvalue weighted by atomic mass is 32.2. The number of nitrogens with one attached hydrogen (secondary N) is 1. The Labute approximate surface area is 91.2 Å². The standard InChI is InChI=1S/C9H19N3O2S/c1-9(2,12-15(3,13)14)6-11-8(10)7-4-5-7/h7,12H,4-6H2,1-3H3,(H2,10,11). The Balaban J connectivity index is 2.51. The molecular weight excluding hydrogens is 214 g/mol. The maximum atomic E-state index is 11.0. The molecule has 1 aliphatic rings. The monoisotopic (exact) mass is 233 g/mol. The van der Waals surface area contributed by atoms with Crippen LogP contribution in [-0.2, 0) is 10.0 Å². The van der Waals surface area contributed by atoms with E-state index in [0.717, 1.165) is 19.1 Å². The molecule has 15 heavy (non-hydrogen) atoms. The van der Waals surface area contributed by atoms with Gasteiger partial charge in [-0.25, -0.2) is 13.1 Å². The average Bonchev–Trinajstić information content (AvgIpc) is 2.77. The Morgan fingerprint density at radius 3 is 2.47 bits per heavy atom. The number of hydrogen-bond acceptors (Lipinski definition) is 3. The van der Waals surface area contributed by atoms with Gasteiger partial charge in [-0.2, -0.15) is 0 Å². The van der Waals surface area contributed by atoms with Gasteiger partial charge in [0.15, 0.2) is 0 Å². The predicted octanol–water partition coefficient (Wildman–Crippen LogP) is 0.0814. The van der Waals surface area contributed by atoms with Crippen LogP contribution >= 0.6 is 0 Å².